The Kier molecular flexibility index (Phi) is 2.73. The van der Waals surface area contributed by atoms with Gasteiger partial charge < -0.3 is 0 Å². The smallest absolute Gasteiger partial charge is 0.155 e. The van der Waals surface area contributed by atoms with Crippen molar-refractivity contribution in [2.45, 2.75) is 65.7 Å². The lowest BCUT2D eigenvalue weighted by atomic mass is 9.46. The van der Waals surface area contributed by atoms with E-state index in [2.05, 4.69) is 20.8 Å². The first-order valence-corrected chi connectivity index (χ1v) is 7.67. The van der Waals surface area contributed by atoms with Crippen molar-refractivity contribution in [3.05, 3.63) is 11.6 Å². The van der Waals surface area contributed by atoms with Crippen LogP contribution in [0, 0.1) is 22.7 Å². The SMILES string of the molecule is CC1(C)CCC[C@]2(C)[C@@H]3CCC(=O)C=C3CC[C@@H]12. The van der Waals surface area contributed by atoms with Gasteiger partial charge in [0.1, 0.15) is 0 Å². The van der Waals surface area contributed by atoms with Crippen LogP contribution in [0.15, 0.2) is 11.6 Å². The normalized spacial score (nSPS) is 42.8. The molecule has 1 nitrogen and oxygen atoms in total. The van der Waals surface area contributed by atoms with Crippen LogP contribution >= 0.6 is 0 Å². The van der Waals surface area contributed by atoms with Crippen molar-refractivity contribution in [1.82, 2.24) is 0 Å². The van der Waals surface area contributed by atoms with Crippen LogP contribution in [0.4, 0.5) is 0 Å². The van der Waals surface area contributed by atoms with E-state index in [1.807, 2.05) is 6.08 Å². The average Bonchev–Trinajstić information content (AvgIpc) is 2.27. The molecule has 0 amide bonds. The van der Waals surface area contributed by atoms with Crippen molar-refractivity contribution in [2.75, 3.05) is 0 Å². The summed E-state index contributed by atoms with van der Waals surface area (Å²) in [5, 5.41) is 0. The molecule has 0 N–H and O–H groups in total. The fourth-order valence-corrected chi connectivity index (χ4v) is 5.47. The highest BCUT2D eigenvalue weighted by atomic mass is 16.1. The van der Waals surface area contributed by atoms with Gasteiger partial charge >= 0.3 is 0 Å². The number of hydrogen-bond donors (Lipinski definition) is 0. The maximum Gasteiger partial charge on any atom is 0.155 e. The van der Waals surface area contributed by atoms with Crippen molar-refractivity contribution in [3.8, 4) is 0 Å². The van der Waals surface area contributed by atoms with Gasteiger partial charge in [-0.25, -0.2) is 0 Å². The molecule has 3 aliphatic rings. The summed E-state index contributed by atoms with van der Waals surface area (Å²) in [7, 11) is 0. The second kappa shape index (κ2) is 3.95. The van der Waals surface area contributed by atoms with Crippen LogP contribution in [0.3, 0.4) is 0 Å². The van der Waals surface area contributed by atoms with E-state index in [0.29, 0.717) is 22.5 Å². The summed E-state index contributed by atoms with van der Waals surface area (Å²) in [4.78, 5) is 11.6. The molecule has 0 bridgehead atoms. The maximum absolute atomic E-state index is 11.6. The predicted molar refractivity (Wildman–Crippen MR) is 74.3 cm³/mol. The maximum atomic E-state index is 11.6. The van der Waals surface area contributed by atoms with Gasteiger partial charge in [0.2, 0.25) is 0 Å². The first kappa shape index (κ1) is 12.4. The van der Waals surface area contributed by atoms with E-state index >= 15 is 0 Å². The second-order valence-corrected chi connectivity index (χ2v) is 7.72. The van der Waals surface area contributed by atoms with E-state index in [-0.39, 0.29) is 0 Å². The van der Waals surface area contributed by atoms with E-state index < -0.39 is 0 Å². The molecular weight excluding hydrogens is 220 g/mol. The van der Waals surface area contributed by atoms with Crippen LogP contribution in [-0.2, 0) is 4.79 Å². The Labute approximate surface area is 111 Å². The zero-order chi connectivity index (χ0) is 13.0. The Morgan fingerprint density at radius 1 is 1.11 bits per heavy atom. The minimum atomic E-state index is 0.373. The van der Waals surface area contributed by atoms with Crippen LogP contribution in [0.1, 0.15) is 65.7 Å². The molecule has 0 aromatic heterocycles. The molecule has 0 radical (unpaired) electrons. The lowest BCUT2D eigenvalue weighted by Crippen LogP contribution is -2.50. The number of allylic oxidation sites excluding steroid dienone is 2. The highest BCUT2D eigenvalue weighted by Gasteiger charge is 2.53. The number of ketones is 1. The second-order valence-electron chi connectivity index (χ2n) is 7.72. The first-order valence-electron chi connectivity index (χ1n) is 7.67. The number of hydrogen-bond acceptors (Lipinski definition) is 1. The average molecular weight is 246 g/mol. The summed E-state index contributed by atoms with van der Waals surface area (Å²) < 4.78 is 0. The molecule has 100 valence electrons. The Morgan fingerprint density at radius 2 is 1.89 bits per heavy atom. The van der Waals surface area contributed by atoms with Crippen molar-refractivity contribution >= 4 is 5.78 Å². The third kappa shape index (κ3) is 1.70. The number of rotatable bonds is 0. The lowest BCUT2D eigenvalue weighted by molar-refractivity contribution is -0.117. The van der Waals surface area contributed by atoms with Crippen molar-refractivity contribution in [2.24, 2.45) is 22.7 Å². The summed E-state index contributed by atoms with van der Waals surface area (Å²) in [6, 6.07) is 0. The minimum Gasteiger partial charge on any atom is -0.295 e. The number of fused-ring (bicyclic) bond motifs is 3. The van der Waals surface area contributed by atoms with Gasteiger partial charge in [0.15, 0.2) is 5.78 Å². The molecule has 0 aromatic rings. The van der Waals surface area contributed by atoms with Gasteiger partial charge in [0, 0.05) is 6.42 Å². The Morgan fingerprint density at radius 3 is 2.67 bits per heavy atom. The molecular formula is C17H26O. The largest absolute Gasteiger partial charge is 0.295 e. The van der Waals surface area contributed by atoms with Gasteiger partial charge in [0.25, 0.3) is 0 Å². The summed E-state index contributed by atoms with van der Waals surface area (Å²) in [6.07, 6.45) is 10.5. The van der Waals surface area contributed by atoms with E-state index in [0.717, 1.165) is 18.8 Å². The quantitative estimate of drug-likeness (QED) is 0.614. The molecule has 18 heavy (non-hydrogen) atoms. The van der Waals surface area contributed by atoms with Crippen molar-refractivity contribution in [3.63, 3.8) is 0 Å². The zero-order valence-corrected chi connectivity index (χ0v) is 12.1. The number of carbonyl (C=O) groups is 1. The first-order chi connectivity index (χ1) is 8.43. The van der Waals surface area contributed by atoms with Crippen LogP contribution in [0.2, 0.25) is 0 Å². The summed E-state index contributed by atoms with van der Waals surface area (Å²) >= 11 is 0. The van der Waals surface area contributed by atoms with Gasteiger partial charge in [-0.15, -0.1) is 0 Å². The minimum absolute atomic E-state index is 0.373. The molecule has 0 aromatic carbocycles. The third-order valence-electron chi connectivity index (χ3n) is 6.27. The molecule has 3 rings (SSSR count). The van der Waals surface area contributed by atoms with Crippen LogP contribution in [-0.4, -0.2) is 5.78 Å². The predicted octanol–water partition coefficient (Wildman–Crippen LogP) is 4.52. The standard InChI is InChI=1S/C17H26O/c1-16(2)9-4-10-17(3)14-7-6-13(18)11-12(14)5-8-15(16)17/h11,14-15H,4-10H2,1-3H3/t14-,15+,17-/m1/s1. The Balaban J connectivity index is 1.98. The van der Waals surface area contributed by atoms with Crippen molar-refractivity contribution < 1.29 is 4.79 Å². The van der Waals surface area contributed by atoms with Gasteiger partial charge in [-0.3, -0.25) is 4.79 Å². The molecule has 1 heteroatoms. The van der Waals surface area contributed by atoms with Gasteiger partial charge in [-0.1, -0.05) is 32.8 Å². The molecule has 2 fully saturated rings. The summed E-state index contributed by atoms with van der Waals surface area (Å²) in [5.41, 5.74) is 2.45. The molecule has 0 saturated heterocycles. The summed E-state index contributed by atoms with van der Waals surface area (Å²) in [6.45, 7) is 7.46. The van der Waals surface area contributed by atoms with E-state index in [9.17, 15) is 4.79 Å². The Bertz CT molecular complexity index is 404. The topological polar surface area (TPSA) is 17.1 Å². The lowest BCUT2D eigenvalue weighted by Gasteiger charge is -2.58. The van der Waals surface area contributed by atoms with E-state index in [4.69, 9.17) is 0 Å². The van der Waals surface area contributed by atoms with Gasteiger partial charge in [-0.05, 0) is 60.8 Å². The van der Waals surface area contributed by atoms with Gasteiger partial charge in [0.05, 0.1) is 0 Å². The third-order valence-corrected chi connectivity index (χ3v) is 6.27. The highest BCUT2D eigenvalue weighted by molar-refractivity contribution is 5.91. The molecule has 0 spiro atoms. The molecule has 0 aliphatic heterocycles. The summed E-state index contributed by atoms with van der Waals surface area (Å²) in [5.74, 6) is 1.93. The monoisotopic (exact) mass is 246 g/mol. The fourth-order valence-electron chi connectivity index (χ4n) is 5.47. The van der Waals surface area contributed by atoms with E-state index in [1.165, 1.54) is 37.7 Å². The Hall–Kier alpha value is -0.590. The molecule has 3 aliphatic carbocycles. The number of carbonyl (C=O) groups excluding carboxylic acids is 1. The molecule has 3 atom stereocenters. The van der Waals surface area contributed by atoms with Crippen LogP contribution < -0.4 is 0 Å². The van der Waals surface area contributed by atoms with Gasteiger partial charge in [-0.2, -0.15) is 0 Å². The molecule has 2 saturated carbocycles. The van der Waals surface area contributed by atoms with Crippen LogP contribution in [0.5, 0.6) is 0 Å². The molecule has 0 unspecified atom stereocenters. The fraction of sp³-hybridized carbons (Fsp3) is 0.824. The highest BCUT2D eigenvalue weighted by Crippen LogP contribution is 2.62. The van der Waals surface area contributed by atoms with Crippen molar-refractivity contribution in [1.29, 1.82) is 0 Å². The van der Waals surface area contributed by atoms with Crippen LogP contribution in [0.25, 0.3) is 0 Å². The molecule has 0 heterocycles. The van der Waals surface area contributed by atoms with E-state index in [1.54, 1.807) is 0 Å². The zero-order valence-electron chi connectivity index (χ0n) is 12.1.